The molecule has 0 saturated carbocycles. The molecule has 1 N–H and O–H groups in total. The van der Waals surface area contributed by atoms with Gasteiger partial charge in [-0.1, -0.05) is 5.16 Å². The molecule has 2 rings (SSSR count). The summed E-state index contributed by atoms with van der Waals surface area (Å²) in [6.07, 6.45) is 3.56. The molecule has 16 heavy (non-hydrogen) atoms. The number of likely N-dealkylation sites (tertiary alicyclic amines) is 1. The number of hydrogen-bond acceptors (Lipinski definition) is 4. The molecule has 1 fully saturated rings. The molecule has 88 valence electrons. The fourth-order valence-electron chi connectivity index (χ4n) is 2.17. The van der Waals surface area contributed by atoms with Crippen LogP contribution in [-0.2, 0) is 11.2 Å². The van der Waals surface area contributed by atoms with E-state index >= 15 is 0 Å². The number of nitrogens with zero attached hydrogens (tertiary/aromatic N) is 2. The van der Waals surface area contributed by atoms with Crippen molar-refractivity contribution in [2.75, 3.05) is 20.1 Å². The van der Waals surface area contributed by atoms with Crippen LogP contribution in [0.15, 0.2) is 10.7 Å². The molecule has 0 aromatic carbocycles. The Labute approximate surface area is 94.0 Å². The number of carboxylic acids is 1. The summed E-state index contributed by atoms with van der Waals surface area (Å²) >= 11 is 0. The Morgan fingerprint density at radius 1 is 1.62 bits per heavy atom. The minimum absolute atomic E-state index is 0.00513. The van der Waals surface area contributed by atoms with Gasteiger partial charge in [0.25, 0.3) is 0 Å². The van der Waals surface area contributed by atoms with E-state index in [1.165, 1.54) is 6.20 Å². The third kappa shape index (κ3) is 2.41. The van der Waals surface area contributed by atoms with Crippen LogP contribution in [0.5, 0.6) is 0 Å². The highest BCUT2D eigenvalue weighted by Crippen LogP contribution is 2.29. The highest BCUT2D eigenvalue weighted by Gasteiger charge is 2.25. The maximum atomic E-state index is 10.7. The van der Waals surface area contributed by atoms with Gasteiger partial charge in [-0.3, -0.25) is 4.79 Å². The summed E-state index contributed by atoms with van der Waals surface area (Å²) in [5.74, 6) is 0.265. The fraction of sp³-hybridized carbons (Fsp3) is 0.636. The first-order valence-corrected chi connectivity index (χ1v) is 5.50. The number of carboxylic acid groups (broad SMARTS) is 1. The Balaban J connectivity index is 2.08. The van der Waals surface area contributed by atoms with E-state index in [1.807, 2.05) is 0 Å². The molecule has 1 aliphatic rings. The Kier molecular flexibility index (Phi) is 3.24. The van der Waals surface area contributed by atoms with Crippen LogP contribution in [0.4, 0.5) is 0 Å². The summed E-state index contributed by atoms with van der Waals surface area (Å²) in [4.78, 5) is 12.9. The standard InChI is InChI=1S/C11H16N2O3/c1-13-4-2-8(3-5-13)11-9(6-10(14)15)7-12-16-11/h7-8H,2-6H2,1H3,(H,14,15). The molecule has 1 saturated heterocycles. The van der Waals surface area contributed by atoms with Crippen molar-refractivity contribution < 1.29 is 14.4 Å². The second kappa shape index (κ2) is 4.65. The molecule has 0 bridgehead atoms. The molecule has 2 heterocycles. The molecule has 0 unspecified atom stereocenters. The number of aliphatic carboxylic acids is 1. The lowest BCUT2D eigenvalue weighted by Gasteiger charge is -2.27. The van der Waals surface area contributed by atoms with Gasteiger partial charge < -0.3 is 14.5 Å². The molecule has 1 aliphatic heterocycles. The first-order chi connectivity index (χ1) is 7.66. The van der Waals surface area contributed by atoms with Crippen molar-refractivity contribution in [3.05, 3.63) is 17.5 Å². The lowest BCUT2D eigenvalue weighted by atomic mass is 9.92. The van der Waals surface area contributed by atoms with Gasteiger partial charge in [0.15, 0.2) is 0 Å². The molecular formula is C11H16N2O3. The minimum atomic E-state index is -0.836. The largest absolute Gasteiger partial charge is 0.481 e. The van der Waals surface area contributed by atoms with Crippen LogP contribution >= 0.6 is 0 Å². The summed E-state index contributed by atoms with van der Waals surface area (Å²) in [5.41, 5.74) is 0.724. The molecule has 0 spiro atoms. The first kappa shape index (κ1) is 11.1. The van der Waals surface area contributed by atoms with E-state index < -0.39 is 5.97 Å². The van der Waals surface area contributed by atoms with E-state index in [0.29, 0.717) is 5.92 Å². The van der Waals surface area contributed by atoms with Crippen molar-refractivity contribution in [1.29, 1.82) is 0 Å². The summed E-state index contributed by atoms with van der Waals surface area (Å²) in [7, 11) is 2.09. The van der Waals surface area contributed by atoms with Crippen molar-refractivity contribution in [1.82, 2.24) is 10.1 Å². The number of carbonyl (C=O) groups is 1. The summed E-state index contributed by atoms with van der Waals surface area (Å²) in [6, 6.07) is 0. The molecule has 0 atom stereocenters. The minimum Gasteiger partial charge on any atom is -0.481 e. The predicted octanol–water partition coefficient (Wildman–Crippen LogP) is 1.11. The zero-order chi connectivity index (χ0) is 11.5. The van der Waals surface area contributed by atoms with Gasteiger partial charge in [-0.05, 0) is 33.0 Å². The van der Waals surface area contributed by atoms with Crippen LogP contribution in [-0.4, -0.2) is 41.3 Å². The van der Waals surface area contributed by atoms with Crippen LogP contribution in [0, 0.1) is 0 Å². The van der Waals surface area contributed by atoms with Crippen molar-refractivity contribution in [2.24, 2.45) is 0 Å². The van der Waals surface area contributed by atoms with Crippen LogP contribution in [0.25, 0.3) is 0 Å². The molecule has 1 aromatic heterocycles. The number of piperidine rings is 1. The first-order valence-electron chi connectivity index (χ1n) is 5.50. The average molecular weight is 224 g/mol. The van der Waals surface area contributed by atoms with Crippen molar-refractivity contribution in [3.63, 3.8) is 0 Å². The van der Waals surface area contributed by atoms with E-state index in [1.54, 1.807) is 0 Å². The predicted molar refractivity (Wildman–Crippen MR) is 57.3 cm³/mol. The van der Waals surface area contributed by atoms with Gasteiger partial charge in [0.2, 0.25) is 0 Å². The zero-order valence-electron chi connectivity index (χ0n) is 9.35. The Morgan fingerprint density at radius 3 is 2.94 bits per heavy atom. The van der Waals surface area contributed by atoms with Crippen molar-refractivity contribution >= 4 is 5.97 Å². The maximum Gasteiger partial charge on any atom is 0.308 e. The zero-order valence-corrected chi connectivity index (χ0v) is 9.35. The van der Waals surface area contributed by atoms with Gasteiger partial charge in [0.05, 0.1) is 12.6 Å². The van der Waals surface area contributed by atoms with E-state index in [4.69, 9.17) is 9.63 Å². The monoisotopic (exact) mass is 224 g/mol. The fourth-order valence-corrected chi connectivity index (χ4v) is 2.17. The highest BCUT2D eigenvalue weighted by atomic mass is 16.5. The third-order valence-corrected chi connectivity index (χ3v) is 3.11. The molecule has 0 aliphatic carbocycles. The summed E-state index contributed by atoms with van der Waals surface area (Å²) in [5, 5.41) is 12.5. The highest BCUT2D eigenvalue weighted by molar-refractivity contribution is 5.70. The summed E-state index contributed by atoms with van der Waals surface area (Å²) < 4.78 is 5.21. The molecular weight excluding hydrogens is 208 g/mol. The number of rotatable bonds is 3. The van der Waals surface area contributed by atoms with Gasteiger partial charge in [0.1, 0.15) is 5.76 Å². The molecule has 0 radical (unpaired) electrons. The number of aromatic nitrogens is 1. The van der Waals surface area contributed by atoms with Crippen molar-refractivity contribution in [2.45, 2.75) is 25.2 Å². The quantitative estimate of drug-likeness (QED) is 0.833. The SMILES string of the molecule is CN1CCC(c2oncc2CC(=O)O)CC1. The summed E-state index contributed by atoms with van der Waals surface area (Å²) in [6.45, 7) is 2.05. The topological polar surface area (TPSA) is 66.6 Å². The van der Waals surface area contributed by atoms with Gasteiger partial charge in [-0.25, -0.2) is 0 Å². The average Bonchev–Trinajstić information content (AvgIpc) is 2.66. The normalized spacial score (nSPS) is 18.8. The smallest absolute Gasteiger partial charge is 0.308 e. The Morgan fingerprint density at radius 2 is 2.31 bits per heavy atom. The van der Waals surface area contributed by atoms with Gasteiger partial charge >= 0.3 is 5.97 Å². The lowest BCUT2D eigenvalue weighted by Crippen LogP contribution is -2.29. The molecule has 0 amide bonds. The van der Waals surface area contributed by atoms with Crippen LogP contribution in [0.2, 0.25) is 0 Å². The third-order valence-electron chi connectivity index (χ3n) is 3.11. The Hall–Kier alpha value is -1.36. The van der Waals surface area contributed by atoms with Crippen LogP contribution in [0.3, 0.4) is 0 Å². The van der Waals surface area contributed by atoms with Gasteiger partial charge in [-0.15, -0.1) is 0 Å². The number of hydrogen-bond donors (Lipinski definition) is 1. The van der Waals surface area contributed by atoms with E-state index in [0.717, 1.165) is 37.3 Å². The van der Waals surface area contributed by atoms with Gasteiger partial charge in [0, 0.05) is 11.5 Å². The maximum absolute atomic E-state index is 10.7. The van der Waals surface area contributed by atoms with E-state index in [9.17, 15) is 4.79 Å². The van der Waals surface area contributed by atoms with E-state index in [2.05, 4.69) is 17.1 Å². The lowest BCUT2D eigenvalue weighted by molar-refractivity contribution is -0.136. The van der Waals surface area contributed by atoms with Crippen LogP contribution < -0.4 is 0 Å². The molecule has 1 aromatic rings. The van der Waals surface area contributed by atoms with Gasteiger partial charge in [-0.2, -0.15) is 0 Å². The second-order valence-corrected chi connectivity index (χ2v) is 4.36. The molecule has 5 nitrogen and oxygen atoms in total. The molecule has 5 heteroatoms. The van der Waals surface area contributed by atoms with Crippen LogP contribution in [0.1, 0.15) is 30.1 Å². The van der Waals surface area contributed by atoms with E-state index in [-0.39, 0.29) is 6.42 Å². The Bertz CT molecular complexity index is 367. The second-order valence-electron chi connectivity index (χ2n) is 4.36. The van der Waals surface area contributed by atoms with Crippen molar-refractivity contribution in [3.8, 4) is 0 Å².